The van der Waals surface area contributed by atoms with Crippen molar-refractivity contribution >= 4 is 0 Å². The minimum absolute atomic E-state index is 0.373. The van der Waals surface area contributed by atoms with Crippen LogP contribution in [0.1, 0.15) is 50.2 Å². The van der Waals surface area contributed by atoms with Crippen LogP contribution >= 0.6 is 0 Å². The smallest absolute Gasteiger partial charge is 0.128 e. The average molecular weight is 266 g/mol. The normalized spacial score (nSPS) is 18.4. The van der Waals surface area contributed by atoms with Crippen LogP contribution in [0.5, 0.6) is 0 Å². The summed E-state index contributed by atoms with van der Waals surface area (Å²) < 4.78 is 5.75. The standard InChI is InChI=1S/C19H22O/c1-4-16-10-8-9-11-17(16)14-15-19(2,20-3)18-12-6-5-7-13-18/h1,8-11,18H,5-7,12-13H2,2-3H3. The molecule has 0 spiro atoms. The Bertz CT molecular complexity index is 549. The molecule has 1 unspecified atom stereocenters. The molecular weight excluding hydrogens is 244 g/mol. The molecule has 1 fully saturated rings. The van der Waals surface area contributed by atoms with E-state index in [1.165, 1.54) is 32.1 Å². The van der Waals surface area contributed by atoms with Gasteiger partial charge >= 0.3 is 0 Å². The predicted molar refractivity (Wildman–Crippen MR) is 83.2 cm³/mol. The second-order valence-electron chi connectivity index (χ2n) is 5.59. The highest BCUT2D eigenvalue weighted by molar-refractivity contribution is 5.49. The highest BCUT2D eigenvalue weighted by Crippen LogP contribution is 2.34. The Balaban J connectivity index is 2.26. The van der Waals surface area contributed by atoms with Crippen molar-refractivity contribution in [3.05, 3.63) is 35.4 Å². The van der Waals surface area contributed by atoms with E-state index in [-0.39, 0.29) is 5.60 Å². The maximum atomic E-state index is 5.75. The van der Waals surface area contributed by atoms with Gasteiger partial charge in [0, 0.05) is 18.2 Å². The van der Waals surface area contributed by atoms with Gasteiger partial charge in [0.25, 0.3) is 0 Å². The molecule has 0 amide bonds. The highest BCUT2D eigenvalue weighted by atomic mass is 16.5. The second-order valence-corrected chi connectivity index (χ2v) is 5.59. The number of methoxy groups -OCH3 is 1. The molecule has 1 aliphatic rings. The Kier molecular flexibility index (Phi) is 4.89. The summed E-state index contributed by atoms with van der Waals surface area (Å²) in [6.07, 6.45) is 11.8. The van der Waals surface area contributed by atoms with E-state index in [1.807, 2.05) is 24.3 Å². The van der Waals surface area contributed by atoms with E-state index < -0.39 is 0 Å². The molecule has 1 aromatic carbocycles. The third-order valence-corrected chi connectivity index (χ3v) is 4.34. The Morgan fingerprint density at radius 1 is 1.15 bits per heavy atom. The molecule has 0 bridgehead atoms. The number of ether oxygens (including phenoxy) is 1. The number of benzene rings is 1. The van der Waals surface area contributed by atoms with Crippen molar-refractivity contribution in [1.29, 1.82) is 0 Å². The maximum absolute atomic E-state index is 5.75. The molecular formula is C19H22O. The lowest BCUT2D eigenvalue weighted by molar-refractivity contribution is -0.00762. The van der Waals surface area contributed by atoms with Crippen molar-refractivity contribution in [2.24, 2.45) is 5.92 Å². The van der Waals surface area contributed by atoms with Gasteiger partial charge in [-0.2, -0.15) is 0 Å². The van der Waals surface area contributed by atoms with Gasteiger partial charge in [-0.25, -0.2) is 0 Å². The van der Waals surface area contributed by atoms with Crippen molar-refractivity contribution < 1.29 is 4.74 Å². The summed E-state index contributed by atoms with van der Waals surface area (Å²) in [4.78, 5) is 0. The quantitative estimate of drug-likeness (QED) is 0.735. The summed E-state index contributed by atoms with van der Waals surface area (Å²) >= 11 is 0. The number of hydrogen-bond acceptors (Lipinski definition) is 1. The molecule has 1 aliphatic carbocycles. The van der Waals surface area contributed by atoms with Gasteiger partial charge in [0.2, 0.25) is 0 Å². The van der Waals surface area contributed by atoms with Crippen molar-refractivity contribution in [2.75, 3.05) is 7.11 Å². The van der Waals surface area contributed by atoms with E-state index in [2.05, 4.69) is 24.7 Å². The summed E-state index contributed by atoms with van der Waals surface area (Å²) in [7, 11) is 1.76. The molecule has 2 rings (SSSR count). The molecule has 0 aromatic heterocycles. The monoisotopic (exact) mass is 266 g/mol. The van der Waals surface area contributed by atoms with Gasteiger partial charge in [0.05, 0.1) is 0 Å². The van der Waals surface area contributed by atoms with Gasteiger partial charge in [-0.1, -0.05) is 49.2 Å². The minimum atomic E-state index is -0.373. The fourth-order valence-electron chi connectivity index (χ4n) is 2.88. The first-order valence-electron chi connectivity index (χ1n) is 7.33. The summed E-state index contributed by atoms with van der Waals surface area (Å²) in [6, 6.07) is 7.81. The molecule has 0 heterocycles. The molecule has 1 aromatic rings. The van der Waals surface area contributed by atoms with Crippen LogP contribution < -0.4 is 0 Å². The van der Waals surface area contributed by atoms with Gasteiger partial charge in [0.1, 0.15) is 5.60 Å². The lowest BCUT2D eigenvalue weighted by Crippen LogP contribution is -2.36. The SMILES string of the molecule is C#Cc1ccccc1C#CC(C)(OC)C1CCCCC1. The fourth-order valence-corrected chi connectivity index (χ4v) is 2.88. The van der Waals surface area contributed by atoms with Crippen LogP contribution in [0, 0.1) is 30.1 Å². The van der Waals surface area contributed by atoms with Crippen LogP contribution in [-0.4, -0.2) is 12.7 Å². The van der Waals surface area contributed by atoms with Crippen molar-refractivity contribution in [3.63, 3.8) is 0 Å². The van der Waals surface area contributed by atoms with E-state index in [4.69, 9.17) is 11.2 Å². The number of hydrogen-bond donors (Lipinski definition) is 0. The molecule has 1 nitrogen and oxygen atoms in total. The van der Waals surface area contributed by atoms with Crippen LogP contribution in [0.3, 0.4) is 0 Å². The first kappa shape index (κ1) is 14.7. The molecule has 0 radical (unpaired) electrons. The average Bonchev–Trinajstić information content (AvgIpc) is 2.53. The van der Waals surface area contributed by atoms with E-state index >= 15 is 0 Å². The zero-order valence-electron chi connectivity index (χ0n) is 12.4. The minimum Gasteiger partial charge on any atom is -0.366 e. The third-order valence-electron chi connectivity index (χ3n) is 4.34. The topological polar surface area (TPSA) is 9.23 Å². The molecule has 104 valence electrons. The molecule has 1 saturated carbocycles. The van der Waals surface area contributed by atoms with Crippen LogP contribution in [-0.2, 0) is 4.74 Å². The summed E-state index contributed by atoms with van der Waals surface area (Å²) in [5.41, 5.74) is 1.39. The van der Waals surface area contributed by atoms with Gasteiger partial charge < -0.3 is 4.74 Å². The Labute approximate surface area is 122 Å². The van der Waals surface area contributed by atoms with Crippen LogP contribution in [0.4, 0.5) is 0 Å². The van der Waals surface area contributed by atoms with E-state index in [1.54, 1.807) is 7.11 Å². The van der Waals surface area contributed by atoms with Crippen molar-refractivity contribution in [3.8, 4) is 24.2 Å². The van der Waals surface area contributed by atoms with Crippen molar-refractivity contribution in [1.82, 2.24) is 0 Å². The fraction of sp³-hybridized carbons (Fsp3) is 0.474. The zero-order chi connectivity index (χ0) is 14.4. The Hall–Kier alpha value is -1.70. The van der Waals surface area contributed by atoms with Gasteiger partial charge in [-0.3, -0.25) is 0 Å². The molecule has 0 N–H and O–H groups in total. The Morgan fingerprint density at radius 2 is 1.80 bits per heavy atom. The first-order valence-corrected chi connectivity index (χ1v) is 7.33. The highest BCUT2D eigenvalue weighted by Gasteiger charge is 2.33. The number of terminal acetylenes is 1. The molecule has 0 saturated heterocycles. The molecule has 1 heteroatoms. The maximum Gasteiger partial charge on any atom is 0.128 e. The van der Waals surface area contributed by atoms with Crippen LogP contribution in [0.15, 0.2) is 24.3 Å². The summed E-state index contributed by atoms with van der Waals surface area (Å²) in [5.74, 6) is 9.78. The zero-order valence-corrected chi connectivity index (χ0v) is 12.4. The largest absolute Gasteiger partial charge is 0.366 e. The second kappa shape index (κ2) is 6.65. The molecule has 1 atom stereocenters. The first-order chi connectivity index (χ1) is 9.69. The lowest BCUT2D eigenvalue weighted by atomic mass is 9.78. The van der Waals surface area contributed by atoms with E-state index in [0.717, 1.165) is 11.1 Å². The number of rotatable bonds is 2. The van der Waals surface area contributed by atoms with Gasteiger partial charge in [-0.05, 0) is 37.8 Å². The summed E-state index contributed by atoms with van der Waals surface area (Å²) in [5, 5.41) is 0. The van der Waals surface area contributed by atoms with Crippen molar-refractivity contribution in [2.45, 2.75) is 44.6 Å². The predicted octanol–water partition coefficient (Wildman–Crippen LogP) is 4.00. The molecule has 0 aliphatic heterocycles. The van der Waals surface area contributed by atoms with Crippen LogP contribution in [0.2, 0.25) is 0 Å². The van der Waals surface area contributed by atoms with Crippen LogP contribution in [0.25, 0.3) is 0 Å². The van der Waals surface area contributed by atoms with Gasteiger partial charge in [0.15, 0.2) is 0 Å². The van der Waals surface area contributed by atoms with E-state index in [0.29, 0.717) is 5.92 Å². The third kappa shape index (κ3) is 3.24. The molecule has 20 heavy (non-hydrogen) atoms. The van der Waals surface area contributed by atoms with Gasteiger partial charge in [-0.15, -0.1) is 6.42 Å². The summed E-state index contributed by atoms with van der Waals surface area (Å²) in [6.45, 7) is 2.11. The Morgan fingerprint density at radius 3 is 2.40 bits per heavy atom. The lowest BCUT2D eigenvalue weighted by Gasteiger charge is -2.34. The van der Waals surface area contributed by atoms with E-state index in [9.17, 15) is 0 Å².